The van der Waals surface area contributed by atoms with Crippen LogP contribution in [0.2, 0.25) is 0 Å². The van der Waals surface area contributed by atoms with E-state index in [1.54, 1.807) is 6.20 Å². The number of carboxylic acid groups (broad SMARTS) is 2. The number of hydrogen-bond donors (Lipinski definition) is 10. The molecule has 0 fully saturated rings. The Morgan fingerprint density at radius 1 is 0.489 bits per heavy atom. The first-order valence-electron chi connectivity index (χ1n) is 32.0. The highest BCUT2D eigenvalue weighted by molar-refractivity contribution is 5.90. The van der Waals surface area contributed by atoms with Crippen LogP contribution in [0.1, 0.15) is 147 Å². The Morgan fingerprint density at radius 2 is 0.911 bits per heavy atom. The van der Waals surface area contributed by atoms with Crippen molar-refractivity contribution in [3.05, 3.63) is 18.2 Å². The van der Waals surface area contributed by atoms with E-state index in [1.807, 2.05) is 0 Å². The summed E-state index contributed by atoms with van der Waals surface area (Å²) in [7, 11) is 0. The molecule has 90 heavy (non-hydrogen) atoms. The number of carbonyl (C=O) groups is 10. The molecule has 5 amide bonds. The molecule has 1 aromatic rings. The first-order chi connectivity index (χ1) is 43.6. The standard InChI is InChI=1S/C61H107N9O20/c1-48(71)49(39-54(73)52(62)40-50-41-64-47-69-50)17-16-22-63-42-51(72)43-87-35-31-84-28-24-66-57(76)45-89-37-33-86-30-26-68-59(78)46-90-38-34-85-29-25-67-58(77)44-88-36-32-83-27-23-65-55(74)21-20-53(61(81)82)70-56(75)18-14-12-10-8-6-4-2-3-5-7-9-11-13-15-19-60(79)80/h41,47,49,52-53,63H,2-40,42-46,62H2,1H3,(H,64,69)(H,65,74)(H,66,76)(H,67,77)(H,68,78)(H,70,75)(H,79,80)(H,81,82)/t49-,52+,53+/m1/s1. The van der Waals surface area contributed by atoms with Gasteiger partial charge in [-0.2, -0.15) is 0 Å². The second kappa shape index (κ2) is 58.2. The number of ketones is 3. The van der Waals surface area contributed by atoms with E-state index in [4.69, 9.17) is 48.7 Å². The lowest BCUT2D eigenvalue weighted by Gasteiger charge is -2.16. The van der Waals surface area contributed by atoms with Crippen molar-refractivity contribution >= 4 is 58.8 Å². The van der Waals surface area contributed by atoms with E-state index >= 15 is 0 Å². The fourth-order valence-electron chi connectivity index (χ4n) is 8.68. The Morgan fingerprint density at radius 3 is 1.33 bits per heavy atom. The lowest BCUT2D eigenvalue weighted by molar-refractivity contribution is -0.142. The Kier molecular flexibility index (Phi) is 53.1. The molecular weight excluding hydrogens is 1180 g/mol. The number of H-pyrrole nitrogens is 1. The van der Waals surface area contributed by atoms with Crippen molar-refractivity contribution in [1.29, 1.82) is 0 Å². The highest BCUT2D eigenvalue weighted by Gasteiger charge is 2.24. The number of carboxylic acids is 2. The van der Waals surface area contributed by atoms with Crippen molar-refractivity contribution in [2.75, 3.05) is 145 Å². The Bertz CT molecular complexity index is 2090. The molecule has 0 spiro atoms. The van der Waals surface area contributed by atoms with Crippen LogP contribution in [0.25, 0.3) is 0 Å². The van der Waals surface area contributed by atoms with E-state index in [-0.39, 0.29) is 217 Å². The van der Waals surface area contributed by atoms with Gasteiger partial charge in [0, 0.05) is 76.1 Å². The van der Waals surface area contributed by atoms with Crippen molar-refractivity contribution < 1.29 is 96.1 Å². The molecule has 11 N–H and O–H groups in total. The highest BCUT2D eigenvalue weighted by atomic mass is 16.5. The molecule has 516 valence electrons. The lowest BCUT2D eigenvalue weighted by atomic mass is 9.90. The van der Waals surface area contributed by atoms with Crippen LogP contribution in [0.3, 0.4) is 0 Å². The molecule has 0 aliphatic carbocycles. The minimum Gasteiger partial charge on any atom is -0.481 e. The highest BCUT2D eigenvalue weighted by Crippen LogP contribution is 2.16. The number of aromatic nitrogens is 2. The van der Waals surface area contributed by atoms with Gasteiger partial charge in [-0.3, -0.25) is 43.2 Å². The molecule has 0 aliphatic rings. The molecule has 29 nitrogen and oxygen atoms in total. The van der Waals surface area contributed by atoms with Gasteiger partial charge in [0.1, 0.15) is 38.3 Å². The molecule has 0 bridgehead atoms. The number of imidazole rings is 1. The number of nitrogens with one attached hydrogen (secondary N) is 7. The Hall–Kier alpha value is -5.89. The second-order valence-electron chi connectivity index (χ2n) is 21.6. The summed E-state index contributed by atoms with van der Waals surface area (Å²) >= 11 is 0. The van der Waals surface area contributed by atoms with Gasteiger partial charge in [0.15, 0.2) is 11.6 Å². The number of amides is 5. The van der Waals surface area contributed by atoms with Gasteiger partial charge in [0.05, 0.1) is 98.2 Å². The largest absolute Gasteiger partial charge is 0.481 e. The van der Waals surface area contributed by atoms with E-state index in [2.05, 4.69) is 41.9 Å². The minimum absolute atomic E-state index is 0.0443. The summed E-state index contributed by atoms with van der Waals surface area (Å²) in [5.41, 5.74) is 6.77. The third-order valence-electron chi connectivity index (χ3n) is 13.7. The number of rotatable bonds is 66. The molecule has 0 saturated carbocycles. The zero-order chi connectivity index (χ0) is 65.9. The van der Waals surface area contributed by atoms with Crippen molar-refractivity contribution in [2.45, 2.75) is 160 Å². The van der Waals surface area contributed by atoms with Crippen molar-refractivity contribution in [3.63, 3.8) is 0 Å². The fourth-order valence-corrected chi connectivity index (χ4v) is 8.68. The van der Waals surface area contributed by atoms with Crippen LogP contribution in [0.15, 0.2) is 12.5 Å². The molecule has 0 aliphatic heterocycles. The average Bonchev–Trinajstić information content (AvgIpc) is 4.20. The summed E-state index contributed by atoms with van der Waals surface area (Å²) in [5.74, 6) is -4.49. The molecule has 0 saturated heterocycles. The second-order valence-corrected chi connectivity index (χ2v) is 21.6. The zero-order valence-corrected chi connectivity index (χ0v) is 53.3. The SMILES string of the molecule is CC(=O)[C@H](CCCNCC(=O)COCCOCCNC(=O)COCCOCCNC(=O)COCCOCCNC(=O)COCCOCCNC(=O)CC[C@H](NC(=O)CCCCCCCCCCCCCCCCC(=O)O)C(=O)O)CC(=O)[C@@H](N)Cc1cnc[nH]1. The number of nitrogens with zero attached hydrogens (tertiary/aromatic N) is 1. The molecule has 0 aromatic carbocycles. The maximum atomic E-state index is 12.6. The molecule has 29 heteroatoms. The topological polar surface area (TPSA) is 412 Å². The Labute approximate surface area is 530 Å². The molecule has 1 heterocycles. The van der Waals surface area contributed by atoms with Crippen molar-refractivity contribution in [2.24, 2.45) is 11.7 Å². The van der Waals surface area contributed by atoms with E-state index in [0.29, 0.717) is 32.2 Å². The van der Waals surface area contributed by atoms with Crippen molar-refractivity contribution in [3.8, 4) is 0 Å². The first kappa shape index (κ1) is 82.1. The molecule has 0 unspecified atom stereocenters. The van der Waals surface area contributed by atoms with Gasteiger partial charge in [-0.25, -0.2) is 9.78 Å². The van der Waals surface area contributed by atoms with Gasteiger partial charge in [-0.1, -0.05) is 77.0 Å². The number of aliphatic carboxylic acids is 2. The maximum Gasteiger partial charge on any atom is 0.326 e. The van der Waals surface area contributed by atoms with Crippen LogP contribution in [-0.4, -0.2) is 236 Å². The van der Waals surface area contributed by atoms with Gasteiger partial charge in [0.25, 0.3) is 0 Å². The number of nitrogens with two attached hydrogens (primary N) is 1. The Balaban J connectivity index is 1.86. The van der Waals surface area contributed by atoms with Crippen LogP contribution in [-0.2, 0) is 92.3 Å². The van der Waals surface area contributed by atoms with Gasteiger partial charge in [-0.15, -0.1) is 0 Å². The predicted octanol–water partition coefficient (Wildman–Crippen LogP) is 1.66. The van der Waals surface area contributed by atoms with E-state index < -0.39 is 29.9 Å². The normalized spacial score (nSPS) is 12.2. The van der Waals surface area contributed by atoms with Crippen LogP contribution < -0.4 is 37.6 Å². The third-order valence-corrected chi connectivity index (χ3v) is 13.7. The van der Waals surface area contributed by atoms with Gasteiger partial charge in [-0.05, 0) is 45.6 Å². The molecular formula is C61H107N9O20. The third kappa shape index (κ3) is 52.8. The fraction of sp³-hybridized carbons (Fsp3) is 0.787. The van der Waals surface area contributed by atoms with Gasteiger partial charge >= 0.3 is 11.9 Å². The molecule has 1 aromatic heterocycles. The van der Waals surface area contributed by atoms with Gasteiger partial charge < -0.3 is 90.7 Å². The van der Waals surface area contributed by atoms with E-state index in [0.717, 1.165) is 50.6 Å². The van der Waals surface area contributed by atoms with Gasteiger partial charge in [0.2, 0.25) is 29.5 Å². The minimum atomic E-state index is -1.20. The number of Topliss-reactive ketones (excluding diaryl/α,β-unsaturated/α-hetero) is 3. The van der Waals surface area contributed by atoms with Crippen LogP contribution >= 0.6 is 0 Å². The van der Waals surface area contributed by atoms with Crippen LogP contribution in [0.5, 0.6) is 0 Å². The zero-order valence-electron chi connectivity index (χ0n) is 53.3. The maximum absolute atomic E-state index is 12.6. The molecule has 3 atom stereocenters. The van der Waals surface area contributed by atoms with Crippen LogP contribution in [0.4, 0.5) is 0 Å². The number of aromatic amines is 1. The van der Waals surface area contributed by atoms with Crippen LogP contribution in [0, 0.1) is 5.92 Å². The lowest BCUT2D eigenvalue weighted by Crippen LogP contribution is -2.41. The monoisotopic (exact) mass is 1290 g/mol. The summed E-state index contributed by atoms with van der Waals surface area (Å²) in [6.07, 6.45) is 19.9. The summed E-state index contributed by atoms with van der Waals surface area (Å²) in [4.78, 5) is 127. The number of unbranched alkanes of at least 4 members (excludes halogenated alkanes) is 13. The van der Waals surface area contributed by atoms with E-state index in [9.17, 15) is 53.1 Å². The summed E-state index contributed by atoms with van der Waals surface area (Å²) < 4.78 is 42.9. The predicted molar refractivity (Wildman–Crippen MR) is 330 cm³/mol. The summed E-state index contributed by atoms with van der Waals surface area (Å²) in [5, 5.41) is 34.4. The first-order valence-corrected chi connectivity index (χ1v) is 32.0. The summed E-state index contributed by atoms with van der Waals surface area (Å²) in [6.45, 7) is 4.69. The van der Waals surface area contributed by atoms with Crippen molar-refractivity contribution in [1.82, 2.24) is 41.9 Å². The average molecular weight is 1290 g/mol. The quantitative estimate of drug-likeness (QED) is 0.0415. The smallest absolute Gasteiger partial charge is 0.326 e. The molecule has 1 rings (SSSR count). The molecule has 0 radical (unpaired) electrons. The number of carbonyl (C=O) groups excluding carboxylic acids is 8. The number of hydrogen-bond acceptors (Lipinski definition) is 21. The number of ether oxygens (including phenoxy) is 8. The summed E-state index contributed by atoms with van der Waals surface area (Å²) in [6, 6.07) is -1.88. The van der Waals surface area contributed by atoms with E-state index in [1.165, 1.54) is 51.8 Å².